The van der Waals surface area contributed by atoms with E-state index in [0.717, 1.165) is 83.4 Å². The smallest absolute Gasteiger partial charge is 0.161 e. The summed E-state index contributed by atoms with van der Waals surface area (Å²) >= 11 is 0. The Kier molecular flexibility index (Phi) is 7.82. The molecular formula is C54H34N2O. The van der Waals surface area contributed by atoms with E-state index >= 15 is 0 Å². The Morgan fingerprint density at radius 2 is 0.842 bits per heavy atom. The lowest BCUT2D eigenvalue weighted by molar-refractivity contribution is 0.669. The first-order valence-corrected chi connectivity index (χ1v) is 19.3. The van der Waals surface area contributed by atoms with Gasteiger partial charge in [-0.1, -0.05) is 158 Å². The summed E-state index contributed by atoms with van der Waals surface area (Å²) in [5, 5.41) is 7.08. The van der Waals surface area contributed by atoms with Gasteiger partial charge in [-0.25, -0.2) is 9.97 Å². The highest BCUT2D eigenvalue weighted by molar-refractivity contribution is 6.14. The molecule has 3 nitrogen and oxygen atoms in total. The molecule has 3 heteroatoms. The molecule has 0 spiro atoms. The van der Waals surface area contributed by atoms with Crippen molar-refractivity contribution < 1.29 is 4.42 Å². The normalized spacial score (nSPS) is 11.5. The van der Waals surface area contributed by atoms with E-state index in [1.807, 2.05) is 18.2 Å². The Hall–Kier alpha value is -7.62. The molecule has 0 atom stereocenters. The topological polar surface area (TPSA) is 38.9 Å². The molecule has 0 amide bonds. The molecule has 2 heterocycles. The van der Waals surface area contributed by atoms with E-state index in [-0.39, 0.29) is 0 Å². The quantitative estimate of drug-likeness (QED) is 0.160. The maximum atomic E-state index is 6.21. The highest BCUT2D eigenvalue weighted by atomic mass is 16.3. The van der Waals surface area contributed by atoms with Crippen LogP contribution in [0.5, 0.6) is 0 Å². The molecular weight excluding hydrogens is 693 g/mol. The Bertz CT molecular complexity index is 3290. The second-order valence-corrected chi connectivity index (χ2v) is 14.5. The van der Waals surface area contributed by atoms with Crippen LogP contribution < -0.4 is 0 Å². The fourth-order valence-electron chi connectivity index (χ4n) is 8.31. The lowest BCUT2D eigenvalue weighted by Crippen LogP contribution is -1.98. The average Bonchev–Trinajstić information content (AvgIpc) is 3.67. The van der Waals surface area contributed by atoms with Crippen molar-refractivity contribution in [2.45, 2.75) is 0 Å². The highest BCUT2D eigenvalue weighted by Crippen LogP contribution is 2.41. The fraction of sp³-hybridized carbons (Fsp3) is 0. The minimum absolute atomic E-state index is 0.678. The lowest BCUT2D eigenvalue weighted by Gasteiger charge is -2.16. The molecule has 57 heavy (non-hydrogen) atoms. The fourth-order valence-corrected chi connectivity index (χ4v) is 8.31. The molecule has 0 aliphatic heterocycles. The number of furan rings is 1. The first kappa shape index (κ1) is 32.8. The van der Waals surface area contributed by atoms with Crippen LogP contribution in [0.15, 0.2) is 211 Å². The predicted molar refractivity (Wildman–Crippen MR) is 237 cm³/mol. The minimum Gasteiger partial charge on any atom is -0.456 e. The monoisotopic (exact) mass is 726 g/mol. The molecule has 11 rings (SSSR count). The lowest BCUT2D eigenvalue weighted by atomic mass is 9.90. The van der Waals surface area contributed by atoms with Gasteiger partial charge >= 0.3 is 0 Å². The number of nitrogens with zero attached hydrogens (tertiary/aromatic N) is 2. The molecule has 0 bridgehead atoms. The molecule has 0 fully saturated rings. The van der Waals surface area contributed by atoms with Gasteiger partial charge in [0.15, 0.2) is 5.82 Å². The van der Waals surface area contributed by atoms with Gasteiger partial charge < -0.3 is 4.42 Å². The van der Waals surface area contributed by atoms with Gasteiger partial charge in [0.1, 0.15) is 11.2 Å². The summed E-state index contributed by atoms with van der Waals surface area (Å²) in [4.78, 5) is 10.8. The molecule has 0 N–H and O–H groups in total. The predicted octanol–water partition coefficient (Wildman–Crippen LogP) is 14.7. The van der Waals surface area contributed by atoms with Crippen LogP contribution >= 0.6 is 0 Å². The molecule has 2 aromatic heterocycles. The summed E-state index contributed by atoms with van der Waals surface area (Å²) in [5.41, 5.74) is 13.2. The molecule has 9 aromatic carbocycles. The van der Waals surface area contributed by atoms with Gasteiger partial charge in [-0.05, 0) is 103 Å². The number of rotatable bonds is 6. The first-order valence-electron chi connectivity index (χ1n) is 19.3. The van der Waals surface area contributed by atoms with E-state index in [9.17, 15) is 0 Å². The maximum Gasteiger partial charge on any atom is 0.161 e. The number of benzene rings is 9. The van der Waals surface area contributed by atoms with Gasteiger partial charge in [-0.2, -0.15) is 0 Å². The molecule has 0 aliphatic carbocycles. The zero-order chi connectivity index (χ0) is 37.7. The molecule has 266 valence electrons. The second kappa shape index (κ2) is 13.6. The van der Waals surface area contributed by atoms with E-state index in [1.165, 1.54) is 21.5 Å². The third-order valence-corrected chi connectivity index (χ3v) is 11.1. The van der Waals surface area contributed by atoms with Crippen LogP contribution in [0.2, 0.25) is 0 Å². The molecule has 0 saturated heterocycles. The van der Waals surface area contributed by atoms with Crippen LogP contribution in [-0.4, -0.2) is 9.97 Å². The van der Waals surface area contributed by atoms with E-state index < -0.39 is 0 Å². The van der Waals surface area contributed by atoms with E-state index in [2.05, 4.69) is 188 Å². The van der Waals surface area contributed by atoms with Crippen molar-refractivity contribution in [1.82, 2.24) is 9.97 Å². The van der Waals surface area contributed by atoms with E-state index in [4.69, 9.17) is 14.4 Å². The van der Waals surface area contributed by atoms with Crippen molar-refractivity contribution in [3.8, 4) is 67.3 Å². The largest absolute Gasteiger partial charge is 0.456 e. The molecule has 0 radical (unpaired) electrons. The van der Waals surface area contributed by atoms with Crippen molar-refractivity contribution in [1.29, 1.82) is 0 Å². The highest BCUT2D eigenvalue weighted by Gasteiger charge is 2.18. The van der Waals surface area contributed by atoms with Gasteiger partial charge in [0.25, 0.3) is 0 Å². The maximum absolute atomic E-state index is 6.21. The summed E-state index contributed by atoms with van der Waals surface area (Å²) in [6.07, 6.45) is 0. The Balaban J connectivity index is 1.14. The Morgan fingerprint density at radius 1 is 0.281 bits per heavy atom. The van der Waals surface area contributed by atoms with Crippen molar-refractivity contribution in [2.75, 3.05) is 0 Å². The number of fused-ring (bicyclic) bond motifs is 6. The summed E-state index contributed by atoms with van der Waals surface area (Å²) in [5.74, 6) is 0.678. The number of para-hydroxylation sites is 1. The summed E-state index contributed by atoms with van der Waals surface area (Å²) < 4.78 is 6.21. The minimum atomic E-state index is 0.678. The zero-order valence-corrected chi connectivity index (χ0v) is 30.9. The second-order valence-electron chi connectivity index (χ2n) is 14.5. The van der Waals surface area contributed by atoms with Crippen LogP contribution in [0, 0.1) is 0 Å². The Morgan fingerprint density at radius 3 is 1.63 bits per heavy atom. The van der Waals surface area contributed by atoms with Crippen molar-refractivity contribution in [2.24, 2.45) is 0 Å². The van der Waals surface area contributed by atoms with Crippen LogP contribution in [0.25, 0.3) is 111 Å². The molecule has 0 unspecified atom stereocenters. The van der Waals surface area contributed by atoms with Gasteiger partial charge in [0.05, 0.1) is 11.4 Å². The summed E-state index contributed by atoms with van der Waals surface area (Å²) in [7, 11) is 0. The van der Waals surface area contributed by atoms with Crippen molar-refractivity contribution in [3.63, 3.8) is 0 Å². The van der Waals surface area contributed by atoms with Crippen LogP contribution in [0.4, 0.5) is 0 Å². The average molecular weight is 727 g/mol. The molecule has 11 aromatic rings. The van der Waals surface area contributed by atoms with Crippen LogP contribution in [-0.2, 0) is 0 Å². The summed E-state index contributed by atoms with van der Waals surface area (Å²) in [6, 6.07) is 72.8. The van der Waals surface area contributed by atoms with Gasteiger partial charge in [-0.15, -0.1) is 0 Å². The standard InChI is InChI=1S/C54H34N2O/c1-3-15-35(16-4-1)39-29-40(37-27-28-53-49(32-37)46-24-13-14-26-52(46)57-53)31-41(30-39)51-34-50(36-17-5-2-6-18-36)55-54(56-51)47-25-12-11-23-45(47)48-33-38-19-7-8-20-42(38)43-21-9-10-22-44(43)48/h1-34H. The number of hydrogen-bond acceptors (Lipinski definition) is 3. The van der Waals surface area contributed by atoms with Crippen LogP contribution in [0.3, 0.4) is 0 Å². The number of hydrogen-bond donors (Lipinski definition) is 0. The van der Waals surface area contributed by atoms with Gasteiger partial charge in [0, 0.05) is 27.5 Å². The third kappa shape index (κ3) is 5.85. The van der Waals surface area contributed by atoms with Crippen LogP contribution in [0.1, 0.15) is 0 Å². The third-order valence-electron chi connectivity index (χ3n) is 11.1. The SMILES string of the molecule is c1ccc(-c2cc(-c3ccc4oc5ccccc5c4c3)cc(-c3cc(-c4ccccc4)nc(-c4ccccc4-c4cc5ccccc5c5ccccc45)n3)c2)cc1. The van der Waals surface area contributed by atoms with Gasteiger partial charge in [0.2, 0.25) is 0 Å². The van der Waals surface area contributed by atoms with E-state index in [1.54, 1.807) is 0 Å². The van der Waals surface area contributed by atoms with Crippen molar-refractivity contribution in [3.05, 3.63) is 206 Å². The molecule has 0 aliphatic rings. The van der Waals surface area contributed by atoms with Gasteiger partial charge in [-0.3, -0.25) is 0 Å². The first-order chi connectivity index (χ1) is 28.2. The Labute approximate surface area is 330 Å². The number of aromatic nitrogens is 2. The van der Waals surface area contributed by atoms with E-state index in [0.29, 0.717) is 5.82 Å². The summed E-state index contributed by atoms with van der Waals surface area (Å²) in [6.45, 7) is 0. The van der Waals surface area contributed by atoms with Crippen molar-refractivity contribution >= 4 is 43.5 Å². The zero-order valence-electron chi connectivity index (χ0n) is 30.9. The molecule has 0 saturated carbocycles.